The summed E-state index contributed by atoms with van der Waals surface area (Å²) >= 11 is 0. The minimum absolute atomic E-state index is 0. The summed E-state index contributed by atoms with van der Waals surface area (Å²) in [5.74, 6) is 0.694. The molecule has 0 saturated heterocycles. The van der Waals surface area contributed by atoms with Crippen molar-refractivity contribution in [2.45, 2.75) is 34.6 Å². The van der Waals surface area contributed by atoms with Crippen molar-refractivity contribution in [3.05, 3.63) is 22.3 Å². The fourth-order valence-corrected chi connectivity index (χ4v) is 1.57. The average molecular weight is 382 g/mol. The van der Waals surface area contributed by atoms with Crippen molar-refractivity contribution in [1.82, 2.24) is 0 Å². The standard InChI is InChI=1S/C10H16.F6P.Ru/c1-6-7(2)9(4)10(5)8(6)3;1-7(2,3,4,5)6;/h6H,1-5H3;;/q;-1;. The number of halogens is 6. The summed E-state index contributed by atoms with van der Waals surface area (Å²) in [5.41, 5.74) is 6.11. The predicted octanol–water partition coefficient (Wildman–Crippen LogP) is 6.69. The zero-order valence-electron chi connectivity index (χ0n) is 10.6. The smallest absolute Gasteiger partial charge is 0 e. The first-order valence-corrected chi connectivity index (χ1v) is 6.95. The van der Waals surface area contributed by atoms with Crippen molar-refractivity contribution < 1.29 is 44.7 Å². The third kappa shape index (κ3) is 9.10. The van der Waals surface area contributed by atoms with Crippen LogP contribution in [0.25, 0.3) is 0 Å². The summed E-state index contributed by atoms with van der Waals surface area (Å²) in [5, 5.41) is 0. The van der Waals surface area contributed by atoms with Gasteiger partial charge in [0.15, 0.2) is 0 Å². The second-order valence-corrected chi connectivity index (χ2v) is 6.21. The molecule has 0 aromatic rings. The summed E-state index contributed by atoms with van der Waals surface area (Å²) in [7, 11) is -10.7. The summed E-state index contributed by atoms with van der Waals surface area (Å²) in [4.78, 5) is 0. The Morgan fingerprint density at radius 1 is 0.722 bits per heavy atom. The van der Waals surface area contributed by atoms with E-state index in [1.165, 1.54) is 11.1 Å². The van der Waals surface area contributed by atoms with E-state index >= 15 is 0 Å². The van der Waals surface area contributed by atoms with E-state index in [9.17, 15) is 25.2 Å². The Labute approximate surface area is 116 Å². The Balaban J connectivity index is 0. The molecule has 18 heavy (non-hydrogen) atoms. The number of hydrogen-bond donors (Lipinski definition) is 0. The predicted molar refractivity (Wildman–Crippen MR) is 59.5 cm³/mol. The van der Waals surface area contributed by atoms with Crippen LogP contribution in [0.2, 0.25) is 0 Å². The third-order valence-corrected chi connectivity index (χ3v) is 3.04. The Morgan fingerprint density at radius 2 is 0.889 bits per heavy atom. The summed E-state index contributed by atoms with van der Waals surface area (Å²) in [6.07, 6.45) is 0. The monoisotopic (exact) mass is 383 g/mol. The van der Waals surface area contributed by atoms with Gasteiger partial charge in [-0.25, -0.2) is 0 Å². The maximum Gasteiger partial charge on any atom is 0 e. The first-order chi connectivity index (χ1) is 7.00. The van der Waals surface area contributed by atoms with Gasteiger partial charge in [-0.05, 0) is 44.8 Å². The van der Waals surface area contributed by atoms with Crippen LogP contribution >= 0.6 is 7.81 Å². The van der Waals surface area contributed by atoms with Crippen molar-refractivity contribution in [3.63, 3.8) is 0 Å². The van der Waals surface area contributed by atoms with E-state index in [4.69, 9.17) is 0 Å². The fourth-order valence-electron chi connectivity index (χ4n) is 1.57. The number of rotatable bonds is 0. The van der Waals surface area contributed by atoms with Crippen LogP contribution in [-0.2, 0) is 19.5 Å². The average Bonchev–Trinajstić information content (AvgIpc) is 2.18. The molecule has 0 amide bonds. The van der Waals surface area contributed by atoms with Gasteiger partial charge >= 0.3 is 33.0 Å². The molecule has 0 heterocycles. The number of hydrogen-bond acceptors (Lipinski definition) is 0. The molecule has 0 fully saturated rings. The van der Waals surface area contributed by atoms with Crippen LogP contribution in [0.4, 0.5) is 25.2 Å². The molecule has 0 radical (unpaired) electrons. The Kier molecular flexibility index (Phi) is 5.56. The zero-order chi connectivity index (χ0) is 14.3. The van der Waals surface area contributed by atoms with E-state index in [1.807, 2.05) is 0 Å². The molecule has 0 N–H and O–H groups in total. The van der Waals surface area contributed by atoms with Crippen molar-refractivity contribution in [1.29, 1.82) is 0 Å². The van der Waals surface area contributed by atoms with Gasteiger partial charge < -0.3 is 0 Å². The molecule has 1 aliphatic rings. The van der Waals surface area contributed by atoms with Crippen molar-refractivity contribution in [2.75, 3.05) is 0 Å². The maximum absolute atomic E-state index is 10.7. The molecule has 0 aromatic heterocycles. The van der Waals surface area contributed by atoms with Crippen LogP contribution in [0, 0.1) is 5.92 Å². The summed E-state index contributed by atoms with van der Waals surface area (Å²) in [6.45, 7) is 11.2. The van der Waals surface area contributed by atoms with Gasteiger partial charge in [0.05, 0.1) is 0 Å². The van der Waals surface area contributed by atoms with Gasteiger partial charge in [0, 0.05) is 19.5 Å². The van der Waals surface area contributed by atoms with Gasteiger partial charge in [-0.15, -0.1) is 0 Å². The van der Waals surface area contributed by atoms with E-state index in [0.717, 1.165) is 0 Å². The van der Waals surface area contributed by atoms with Crippen molar-refractivity contribution in [2.24, 2.45) is 5.92 Å². The Bertz CT molecular complexity index is 353. The molecular weight excluding hydrogens is 366 g/mol. The van der Waals surface area contributed by atoms with Crippen molar-refractivity contribution in [3.8, 4) is 0 Å². The molecule has 0 spiro atoms. The second-order valence-electron chi connectivity index (χ2n) is 4.30. The van der Waals surface area contributed by atoms with Gasteiger partial charge in [0.1, 0.15) is 0 Å². The van der Waals surface area contributed by atoms with Gasteiger partial charge in [-0.2, -0.15) is 0 Å². The van der Waals surface area contributed by atoms with Crippen molar-refractivity contribution >= 4 is 7.81 Å². The third-order valence-electron chi connectivity index (χ3n) is 3.04. The van der Waals surface area contributed by atoms with Crippen LogP contribution in [-0.4, -0.2) is 0 Å². The van der Waals surface area contributed by atoms with Crippen LogP contribution in [0.1, 0.15) is 34.6 Å². The quantitative estimate of drug-likeness (QED) is 0.249. The van der Waals surface area contributed by atoms with E-state index in [2.05, 4.69) is 34.6 Å². The van der Waals surface area contributed by atoms with Gasteiger partial charge in [-0.1, -0.05) is 18.1 Å². The molecule has 112 valence electrons. The normalized spacial score (nSPS) is 20.8. The van der Waals surface area contributed by atoms with E-state index < -0.39 is 7.81 Å². The molecule has 0 unspecified atom stereocenters. The maximum atomic E-state index is 9.87. The minimum atomic E-state index is -10.7. The van der Waals surface area contributed by atoms with Crippen LogP contribution in [0.15, 0.2) is 22.3 Å². The molecular formula is C10H16F6PRu-. The fraction of sp³-hybridized carbons (Fsp3) is 0.600. The Morgan fingerprint density at radius 3 is 0.944 bits per heavy atom. The molecule has 0 nitrogen and oxygen atoms in total. The molecule has 0 saturated carbocycles. The van der Waals surface area contributed by atoms with Crippen LogP contribution in [0.3, 0.4) is 0 Å². The largest absolute Gasteiger partial charge is 0 e. The van der Waals surface area contributed by atoms with Crippen LogP contribution < -0.4 is 0 Å². The van der Waals surface area contributed by atoms with Gasteiger partial charge in [-0.3, -0.25) is 0 Å². The van der Waals surface area contributed by atoms with E-state index in [-0.39, 0.29) is 19.5 Å². The first-order valence-electron chi connectivity index (χ1n) is 4.92. The zero-order valence-corrected chi connectivity index (χ0v) is 13.3. The topological polar surface area (TPSA) is 0 Å². The molecule has 1 aliphatic carbocycles. The molecule has 0 aliphatic heterocycles. The second kappa shape index (κ2) is 4.90. The van der Waals surface area contributed by atoms with E-state index in [1.54, 1.807) is 11.1 Å². The summed E-state index contributed by atoms with van der Waals surface area (Å²) < 4.78 is 59.2. The van der Waals surface area contributed by atoms with Gasteiger partial charge in [0.25, 0.3) is 0 Å². The molecule has 0 aromatic carbocycles. The van der Waals surface area contributed by atoms with Crippen LogP contribution in [0.5, 0.6) is 0 Å². The molecule has 0 atom stereocenters. The van der Waals surface area contributed by atoms with Gasteiger partial charge in [0.2, 0.25) is 0 Å². The Hall–Kier alpha value is 0.113. The molecule has 0 bridgehead atoms. The molecule has 1 rings (SSSR count). The van der Waals surface area contributed by atoms with E-state index in [0.29, 0.717) is 5.92 Å². The summed E-state index contributed by atoms with van der Waals surface area (Å²) in [6, 6.07) is 0. The number of allylic oxidation sites excluding steroid dienone is 4. The minimum Gasteiger partial charge on any atom is 0 e. The first kappa shape index (κ1) is 20.4. The molecule has 8 heteroatoms. The SMILES string of the molecule is CC1=C(C)C(C)C(C)=C1C.F[P-](F)(F)(F)(F)F.[Ru].